The summed E-state index contributed by atoms with van der Waals surface area (Å²) in [6, 6.07) is 0.477. The molecule has 0 saturated heterocycles. The van der Waals surface area contributed by atoms with Crippen molar-refractivity contribution in [3.05, 3.63) is 21.4 Å². The van der Waals surface area contributed by atoms with Crippen molar-refractivity contribution in [1.82, 2.24) is 5.32 Å². The van der Waals surface area contributed by atoms with Crippen LogP contribution in [0, 0.1) is 6.92 Å². The Bertz CT molecular complexity index is 427. The third-order valence-corrected chi connectivity index (χ3v) is 3.73. The highest BCUT2D eigenvalue weighted by Gasteiger charge is 2.20. The summed E-state index contributed by atoms with van der Waals surface area (Å²) in [6.07, 6.45) is 0.839. The molecule has 0 unspecified atom stereocenters. The number of aryl methyl sites for hydroxylation is 2. The van der Waals surface area contributed by atoms with Gasteiger partial charge in [-0.2, -0.15) is 0 Å². The first kappa shape index (κ1) is 13.7. The van der Waals surface area contributed by atoms with E-state index in [1.807, 2.05) is 13.8 Å². The van der Waals surface area contributed by atoms with Crippen LogP contribution < -0.4 is 5.32 Å². The molecule has 0 spiro atoms. The van der Waals surface area contributed by atoms with Crippen LogP contribution in [0.5, 0.6) is 0 Å². The van der Waals surface area contributed by atoms with E-state index in [2.05, 4.69) is 5.32 Å². The van der Waals surface area contributed by atoms with Gasteiger partial charge in [-0.05, 0) is 25.0 Å². The molecule has 1 aromatic heterocycles. The van der Waals surface area contributed by atoms with E-state index in [-0.39, 0.29) is 0 Å². The summed E-state index contributed by atoms with van der Waals surface area (Å²) in [5.41, 5.74) is 1.03. The number of carbonyl (C=O) groups excluding carboxylic acids is 1. The smallest absolute Gasteiger partial charge is 0.328 e. The van der Waals surface area contributed by atoms with Gasteiger partial charge in [-0.3, -0.25) is 4.79 Å². The van der Waals surface area contributed by atoms with Gasteiger partial charge in [-0.1, -0.05) is 6.92 Å². The second-order valence-electron chi connectivity index (χ2n) is 3.62. The summed E-state index contributed by atoms with van der Waals surface area (Å²) in [5.74, 6) is -1.70. The van der Waals surface area contributed by atoms with Crippen molar-refractivity contribution < 1.29 is 19.8 Å². The van der Waals surface area contributed by atoms with E-state index in [1.165, 1.54) is 11.3 Å². The number of nitrogens with one attached hydrogen (secondary N) is 1. The first-order valence-corrected chi connectivity index (χ1v) is 6.05. The molecule has 3 N–H and O–H groups in total. The van der Waals surface area contributed by atoms with Gasteiger partial charge in [-0.15, -0.1) is 11.3 Å². The van der Waals surface area contributed by atoms with E-state index in [1.54, 1.807) is 6.07 Å². The number of aliphatic hydroxyl groups is 1. The minimum atomic E-state index is -1.25. The van der Waals surface area contributed by atoms with Crippen LogP contribution in [0.15, 0.2) is 6.07 Å². The van der Waals surface area contributed by atoms with E-state index in [4.69, 9.17) is 10.2 Å². The molecule has 0 aliphatic carbocycles. The number of aliphatic carboxylic acids is 1. The topological polar surface area (TPSA) is 86.6 Å². The Labute approximate surface area is 103 Å². The molecule has 0 aliphatic heterocycles. The molecule has 5 nitrogen and oxygen atoms in total. The fourth-order valence-corrected chi connectivity index (χ4v) is 2.41. The third kappa shape index (κ3) is 3.28. The van der Waals surface area contributed by atoms with Gasteiger partial charge in [0.2, 0.25) is 0 Å². The first-order valence-electron chi connectivity index (χ1n) is 5.23. The number of aliphatic hydroxyl groups excluding tert-OH is 1. The second-order valence-corrected chi connectivity index (χ2v) is 4.75. The van der Waals surface area contributed by atoms with E-state index < -0.39 is 24.5 Å². The van der Waals surface area contributed by atoms with E-state index >= 15 is 0 Å². The maximum atomic E-state index is 11.7. The van der Waals surface area contributed by atoms with E-state index in [9.17, 15) is 9.59 Å². The molecule has 1 atom stereocenters. The quantitative estimate of drug-likeness (QED) is 0.728. The maximum absolute atomic E-state index is 11.7. The average molecular weight is 257 g/mol. The highest BCUT2D eigenvalue weighted by atomic mass is 32.1. The lowest BCUT2D eigenvalue weighted by Crippen LogP contribution is -2.43. The zero-order valence-electron chi connectivity index (χ0n) is 9.69. The molecule has 1 aromatic rings. The molecule has 0 aromatic carbocycles. The van der Waals surface area contributed by atoms with Crippen molar-refractivity contribution in [2.75, 3.05) is 6.61 Å². The minimum Gasteiger partial charge on any atom is -0.480 e. The van der Waals surface area contributed by atoms with Gasteiger partial charge in [0.25, 0.3) is 5.91 Å². The lowest BCUT2D eigenvalue weighted by Gasteiger charge is -2.10. The van der Waals surface area contributed by atoms with Gasteiger partial charge in [0, 0.05) is 4.88 Å². The third-order valence-electron chi connectivity index (χ3n) is 2.35. The molecule has 0 radical (unpaired) electrons. The maximum Gasteiger partial charge on any atom is 0.328 e. The summed E-state index contributed by atoms with van der Waals surface area (Å²) in [6.45, 7) is 3.28. The summed E-state index contributed by atoms with van der Waals surface area (Å²) in [7, 11) is 0. The van der Waals surface area contributed by atoms with Crippen LogP contribution in [0.3, 0.4) is 0 Å². The van der Waals surface area contributed by atoms with Crippen LogP contribution in [0.1, 0.15) is 27.0 Å². The number of carboxylic acids is 1. The molecule has 0 fully saturated rings. The Morgan fingerprint density at radius 2 is 2.18 bits per heavy atom. The van der Waals surface area contributed by atoms with Crippen molar-refractivity contribution in [1.29, 1.82) is 0 Å². The monoisotopic (exact) mass is 257 g/mol. The molecule has 1 heterocycles. The molecule has 1 rings (SSSR count). The normalized spacial score (nSPS) is 12.2. The lowest BCUT2D eigenvalue weighted by atomic mass is 10.2. The second kappa shape index (κ2) is 5.79. The zero-order valence-corrected chi connectivity index (χ0v) is 10.5. The largest absolute Gasteiger partial charge is 0.480 e. The van der Waals surface area contributed by atoms with Crippen LogP contribution in [0.2, 0.25) is 0 Å². The average Bonchev–Trinajstić information content (AvgIpc) is 2.66. The van der Waals surface area contributed by atoms with Crippen LogP contribution in [-0.4, -0.2) is 34.7 Å². The number of carbonyl (C=O) groups is 2. The van der Waals surface area contributed by atoms with Gasteiger partial charge in [0.05, 0.1) is 11.5 Å². The van der Waals surface area contributed by atoms with Gasteiger partial charge < -0.3 is 15.5 Å². The van der Waals surface area contributed by atoms with Crippen molar-refractivity contribution in [2.24, 2.45) is 0 Å². The predicted molar refractivity (Wildman–Crippen MR) is 64.4 cm³/mol. The molecular formula is C11H15NO4S. The number of amides is 1. The van der Waals surface area contributed by atoms with Crippen LogP contribution >= 0.6 is 11.3 Å². The van der Waals surface area contributed by atoms with Crippen LogP contribution in [0.25, 0.3) is 0 Å². The van der Waals surface area contributed by atoms with E-state index in [0.717, 1.165) is 16.9 Å². The van der Waals surface area contributed by atoms with Crippen molar-refractivity contribution in [3.8, 4) is 0 Å². The number of thiophene rings is 1. The van der Waals surface area contributed by atoms with Gasteiger partial charge in [0.15, 0.2) is 6.04 Å². The Morgan fingerprint density at radius 1 is 1.53 bits per heavy atom. The number of carboxylic acid groups (broad SMARTS) is 1. The fraction of sp³-hybridized carbons (Fsp3) is 0.455. The van der Waals surface area contributed by atoms with Gasteiger partial charge >= 0.3 is 5.97 Å². The first-order chi connectivity index (χ1) is 7.99. The number of hydrogen-bond acceptors (Lipinski definition) is 4. The van der Waals surface area contributed by atoms with Crippen LogP contribution in [0.4, 0.5) is 0 Å². The molecule has 0 aliphatic rings. The highest BCUT2D eigenvalue weighted by Crippen LogP contribution is 2.22. The molecule has 6 heteroatoms. The molecule has 94 valence electrons. The van der Waals surface area contributed by atoms with E-state index in [0.29, 0.717) is 4.88 Å². The minimum absolute atomic E-state index is 0.459. The number of rotatable bonds is 5. The lowest BCUT2D eigenvalue weighted by molar-refractivity contribution is -0.140. The number of hydrogen-bond donors (Lipinski definition) is 3. The van der Waals surface area contributed by atoms with Gasteiger partial charge in [0.1, 0.15) is 0 Å². The van der Waals surface area contributed by atoms with Gasteiger partial charge in [-0.25, -0.2) is 4.79 Å². The summed E-state index contributed by atoms with van der Waals surface area (Å²) in [4.78, 5) is 24.0. The molecule has 1 amide bonds. The Morgan fingerprint density at radius 3 is 2.59 bits per heavy atom. The molecular weight excluding hydrogens is 242 g/mol. The highest BCUT2D eigenvalue weighted by molar-refractivity contribution is 7.14. The van der Waals surface area contributed by atoms with Crippen LogP contribution in [-0.2, 0) is 11.2 Å². The summed E-state index contributed by atoms with van der Waals surface area (Å²) < 4.78 is 0. The molecule has 17 heavy (non-hydrogen) atoms. The SMILES string of the molecule is CCc1sc(C(=O)N[C@H](CO)C(=O)O)cc1C. The van der Waals surface area contributed by atoms with Crippen molar-refractivity contribution in [3.63, 3.8) is 0 Å². The van der Waals surface area contributed by atoms with Crippen molar-refractivity contribution in [2.45, 2.75) is 26.3 Å². The summed E-state index contributed by atoms with van der Waals surface area (Å²) >= 11 is 1.35. The zero-order chi connectivity index (χ0) is 13.0. The molecule has 0 bridgehead atoms. The predicted octanol–water partition coefficient (Wildman–Crippen LogP) is 0.794. The summed E-state index contributed by atoms with van der Waals surface area (Å²) in [5, 5.41) is 19.8. The van der Waals surface area contributed by atoms with Crippen molar-refractivity contribution >= 4 is 23.2 Å². The molecule has 0 saturated carbocycles. The standard InChI is InChI=1S/C11H15NO4S/c1-3-8-6(2)4-9(17-8)10(14)12-7(5-13)11(15)16/h4,7,13H,3,5H2,1-2H3,(H,12,14)(H,15,16)/t7-/m1/s1. The Balaban J connectivity index is 2.78. The fourth-order valence-electron chi connectivity index (χ4n) is 1.40. The Kier molecular flexibility index (Phi) is 4.65. The Hall–Kier alpha value is -1.40.